The third-order valence-electron chi connectivity index (χ3n) is 4.45. The van der Waals surface area contributed by atoms with Crippen molar-refractivity contribution in [3.8, 4) is 0 Å². The highest BCUT2D eigenvalue weighted by Gasteiger charge is 2.38. The number of hydrogen-bond donors (Lipinski definition) is 1. The standard InChI is InChI=1S/C16H20ClN3O2S.ClH/c1-19(13-6-7-18-8-13)16(22)14-9-23-10-20(14)15(21)11-2-4-12(17)5-3-11;/h2-5,13-14,18H,6-10H2,1H3;1H. The highest BCUT2D eigenvalue weighted by molar-refractivity contribution is 7.99. The lowest BCUT2D eigenvalue weighted by atomic mass is 10.1. The van der Waals surface area contributed by atoms with Gasteiger partial charge in [-0.3, -0.25) is 9.59 Å². The minimum atomic E-state index is -0.381. The highest BCUT2D eigenvalue weighted by atomic mass is 35.5. The van der Waals surface area contributed by atoms with E-state index in [1.54, 1.807) is 45.8 Å². The Balaban J connectivity index is 0.00000208. The second-order valence-electron chi connectivity index (χ2n) is 5.89. The van der Waals surface area contributed by atoms with Crippen molar-refractivity contribution >= 4 is 47.6 Å². The molecule has 2 aliphatic rings. The molecule has 2 aliphatic heterocycles. The van der Waals surface area contributed by atoms with Crippen LogP contribution in [0.1, 0.15) is 16.8 Å². The van der Waals surface area contributed by atoms with Crippen LogP contribution in [-0.4, -0.2) is 65.5 Å². The number of hydrogen-bond acceptors (Lipinski definition) is 4. The summed E-state index contributed by atoms with van der Waals surface area (Å²) in [6.07, 6.45) is 0.966. The van der Waals surface area contributed by atoms with Gasteiger partial charge in [0.1, 0.15) is 6.04 Å². The zero-order chi connectivity index (χ0) is 16.4. The lowest BCUT2D eigenvalue weighted by Gasteiger charge is -2.30. The molecule has 2 amide bonds. The third kappa shape index (κ3) is 3.99. The van der Waals surface area contributed by atoms with Gasteiger partial charge in [0.15, 0.2) is 0 Å². The summed E-state index contributed by atoms with van der Waals surface area (Å²) in [7, 11) is 1.84. The monoisotopic (exact) mass is 389 g/mol. The fourth-order valence-electron chi connectivity index (χ4n) is 2.99. The van der Waals surface area contributed by atoms with Crippen molar-refractivity contribution in [2.75, 3.05) is 31.8 Å². The fraction of sp³-hybridized carbons (Fsp3) is 0.500. The number of rotatable bonds is 3. The molecule has 2 saturated heterocycles. The maximum absolute atomic E-state index is 12.8. The van der Waals surface area contributed by atoms with Crippen LogP contribution in [0, 0.1) is 0 Å². The van der Waals surface area contributed by atoms with Gasteiger partial charge in [-0.2, -0.15) is 0 Å². The number of thioether (sulfide) groups is 1. The Bertz CT molecular complexity index is 593. The van der Waals surface area contributed by atoms with Gasteiger partial charge in [0, 0.05) is 36.0 Å². The number of carbonyl (C=O) groups is 2. The van der Waals surface area contributed by atoms with Crippen molar-refractivity contribution in [1.82, 2.24) is 15.1 Å². The van der Waals surface area contributed by atoms with Gasteiger partial charge in [-0.15, -0.1) is 24.2 Å². The molecule has 2 unspecified atom stereocenters. The van der Waals surface area contributed by atoms with Gasteiger partial charge in [-0.1, -0.05) is 11.6 Å². The Morgan fingerprint density at radius 3 is 2.67 bits per heavy atom. The summed E-state index contributed by atoms with van der Waals surface area (Å²) >= 11 is 7.49. The summed E-state index contributed by atoms with van der Waals surface area (Å²) in [5, 5.41) is 3.87. The molecule has 0 aromatic heterocycles. The van der Waals surface area contributed by atoms with E-state index in [4.69, 9.17) is 11.6 Å². The molecule has 8 heteroatoms. The van der Waals surface area contributed by atoms with Crippen molar-refractivity contribution in [1.29, 1.82) is 0 Å². The Morgan fingerprint density at radius 2 is 2.04 bits per heavy atom. The van der Waals surface area contributed by atoms with Crippen LogP contribution in [0.3, 0.4) is 0 Å². The minimum absolute atomic E-state index is 0. The van der Waals surface area contributed by atoms with E-state index in [1.165, 1.54) is 0 Å². The van der Waals surface area contributed by atoms with Gasteiger partial charge in [-0.25, -0.2) is 0 Å². The maximum Gasteiger partial charge on any atom is 0.255 e. The van der Waals surface area contributed by atoms with Crippen LogP contribution in [0.15, 0.2) is 24.3 Å². The molecule has 2 fully saturated rings. The first-order valence-electron chi connectivity index (χ1n) is 7.69. The number of nitrogens with zero attached hydrogens (tertiary/aromatic N) is 2. The number of nitrogens with one attached hydrogen (secondary N) is 1. The first kappa shape index (κ1) is 19.4. The van der Waals surface area contributed by atoms with Crippen LogP contribution < -0.4 is 5.32 Å². The van der Waals surface area contributed by atoms with E-state index in [0.717, 1.165) is 19.5 Å². The largest absolute Gasteiger partial charge is 0.340 e. The van der Waals surface area contributed by atoms with Crippen LogP contribution in [0.4, 0.5) is 0 Å². The van der Waals surface area contributed by atoms with Crippen molar-refractivity contribution < 1.29 is 9.59 Å². The Kier molecular flexibility index (Phi) is 6.80. The molecule has 132 valence electrons. The summed E-state index contributed by atoms with van der Waals surface area (Å²) in [5.41, 5.74) is 0.569. The second-order valence-corrected chi connectivity index (χ2v) is 7.33. The lowest BCUT2D eigenvalue weighted by Crippen LogP contribution is -2.51. The molecule has 1 aromatic carbocycles. The number of halogens is 2. The number of benzene rings is 1. The molecule has 2 heterocycles. The maximum atomic E-state index is 12.8. The normalized spacial score (nSPS) is 23.0. The number of amides is 2. The summed E-state index contributed by atoms with van der Waals surface area (Å²) in [6, 6.07) is 6.66. The van der Waals surface area contributed by atoms with E-state index in [9.17, 15) is 9.59 Å². The Hall–Kier alpha value is -0.950. The molecular weight excluding hydrogens is 369 g/mol. The first-order chi connectivity index (χ1) is 11.1. The van der Waals surface area contributed by atoms with Gasteiger partial charge >= 0.3 is 0 Å². The highest BCUT2D eigenvalue weighted by Crippen LogP contribution is 2.25. The summed E-state index contributed by atoms with van der Waals surface area (Å²) in [4.78, 5) is 29.0. The van der Waals surface area contributed by atoms with E-state index in [2.05, 4.69) is 5.32 Å². The fourth-order valence-corrected chi connectivity index (χ4v) is 4.26. The van der Waals surface area contributed by atoms with Crippen LogP contribution in [0.5, 0.6) is 0 Å². The predicted octanol–water partition coefficient (Wildman–Crippen LogP) is 2.10. The van der Waals surface area contributed by atoms with Gasteiger partial charge < -0.3 is 15.1 Å². The average molecular weight is 390 g/mol. The SMILES string of the molecule is CN(C(=O)C1CSCN1C(=O)c1ccc(Cl)cc1)C1CCNC1.Cl. The van der Waals surface area contributed by atoms with Gasteiger partial charge in [-0.05, 0) is 37.2 Å². The van der Waals surface area contributed by atoms with Crippen LogP contribution in [0.2, 0.25) is 5.02 Å². The van der Waals surface area contributed by atoms with Gasteiger partial charge in [0.25, 0.3) is 5.91 Å². The topological polar surface area (TPSA) is 52.7 Å². The van der Waals surface area contributed by atoms with Gasteiger partial charge in [0.05, 0.1) is 5.88 Å². The Morgan fingerprint density at radius 1 is 1.33 bits per heavy atom. The molecule has 2 atom stereocenters. The van der Waals surface area contributed by atoms with E-state index < -0.39 is 0 Å². The summed E-state index contributed by atoms with van der Waals surface area (Å²) in [6.45, 7) is 1.77. The van der Waals surface area contributed by atoms with Crippen LogP contribution in [-0.2, 0) is 4.79 Å². The van der Waals surface area contributed by atoms with E-state index >= 15 is 0 Å². The second kappa shape index (κ2) is 8.43. The molecule has 0 saturated carbocycles. The van der Waals surface area contributed by atoms with Crippen molar-refractivity contribution in [2.45, 2.75) is 18.5 Å². The van der Waals surface area contributed by atoms with Crippen LogP contribution >= 0.6 is 35.8 Å². The van der Waals surface area contributed by atoms with Crippen LogP contribution in [0.25, 0.3) is 0 Å². The molecule has 5 nitrogen and oxygen atoms in total. The molecule has 0 bridgehead atoms. The lowest BCUT2D eigenvalue weighted by molar-refractivity contribution is -0.135. The molecular formula is C16H21Cl2N3O2S. The molecule has 0 aliphatic carbocycles. The number of carbonyl (C=O) groups excluding carboxylic acids is 2. The van der Waals surface area contributed by atoms with E-state index in [-0.39, 0.29) is 36.3 Å². The Labute approximate surface area is 157 Å². The zero-order valence-electron chi connectivity index (χ0n) is 13.4. The molecule has 24 heavy (non-hydrogen) atoms. The molecule has 1 N–H and O–H groups in total. The third-order valence-corrected chi connectivity index (χ3v) is 5.71. The first-order valence-corrected chi connectivity index (χ1v) is 9.23. The molecule has 3 rings (SSSR count). The molecule has 1 aromatic rings. The number of likely N-dealkylation sites (N-methyl/N-ethyl adjacent to an activating group) is 1. The summed E-state index contributed by atoms with van der Waals surface area (Å²) < 4.78 is 0. The predicted molar refractivity (Wildman–Crippen MR) is 100 cm³/mol. The molecule has 0 spiro atoms. The van der Waals surface area contributed by atoms with Crippen molar-refractivity contribution in [3.63, 3.8) is 0 Å². The van der Waals surface area contributed by atoms with E-state index in [1.807, 2.05) is 7.05 Å². The molecule has 0 radical (unpaired) electrons. The van der Waals surface area contributed by atoms with E-state index in [0.29, 0.717) is 22.2 Å². The van der Waals surface area contributed by atoms with Crippen molar-refractivity contribution in [2.24, 2.45) is 0 Å². The quantitative estimate of drug-likeness (QED) is 0.859. The van der Waals surface area contributed by atoms with Gasteiger partial charge in [0.2, 0.25) is 5.91 Å². The summed E-state index contributed by atoms with van der Waals surface area (Å²) in [5.74, 6) is 1.13. The zero-order valence-corrected chi connectivity index (χ0v) is 15.8. The smallest absolute Gasteiger partial charge is 0.255 e. The average Bonchev–Trinajstić information content (AvgIpc) is 3.24. The van der Waals surface area contributed by atoms with Crippen molar-refractivity contribution in [3.05, 3.63) is 34.9 Å². The minimum Gasteiger partial charge on any atom is -0.340 e.